The van der Waals surface area contributed by atoms with E-state index in [-0.39, 0.29) is 5.54 Å². The van der Waals surface area contributed by atoms with Crippen LogP contribution in [0, 0.1) is 0 Å². The standard InChI is InChI=1S/C13H15ClN2/c14-11-3-1-2-10(8-11)9-13(16)6-4-12(15)5-7-13/h1-6,8H,7,9,15-16H2. The summed E-state index contributed by atoms with van der Waals surface area (Å²) >= 11 is 5.94. The van der Waals surface area contributed by atoms with Gasteiger partial charge in [0.05, 0.1) is 0 Å². The van der Waals surface area contributed by atoms with E-state index < -0.39 is 0 Å². The van der Waals surface area contributed by atoms with Gasteiger partial charge in [0.1, 0.15) is 0 Å². The van der Waals surface area contributed by atoms with Crippen LogP contribution in [0.5, 0.6) is 0 Å². The van der Waals surface area contributed by atoms with Crippen LogP contribution >= 0.6 is 11.6 Å². The van der Waals surface area contributed by atoms with E-state index in [0.717, 1.165) is 29.1 Å². The number of halogens is 1. The third-order valence-electron chi connectivity index (χ3n) is 2.75. The smallest absolute Gasteiger partial charge is 0.0419 e. The van der Waals surface area contributed by atoms with Gasteiger partial charge in [-0.25, -0.2) is 0 Å². The van der Waals surface area contributed by atoms with Crippen molar-refractivity contribution in [3.63, 3.8) is 0 Å². The van der Waals surface area contributed by atoms with Gasteiger partial charge < -0.3 is 11.5 Å². The third kappa shape index (κ3) is 2.65. The molecule has 1 atom stereocenters. The second-order valence-corrected chi connectivity index (χ2v) is 4.72. The molecule has 0 saturated carbocycles. The van der Waals surface area contributed by atoms with Crippen molar-refractivity contribution < 1.29 is 0 Å². The van der Waals surface area contributed by atoms with Gasteiger partial charge in [-0.05, 0) is 36.6 Å². The molecule has 84 valence electrons. The van der Waals surface area contributed by atoms with Gasteiger partial charge in [0.2, 0.25) is 0 Å². The van der Waals surface area contributed by atoms with E-state index in [1.54, 1.807) is 0 Å². The molecule has 3 heteroatoms. The Kier molecular flexibility index (Phi) is 3.03. The highest BCUT2D eigenvalue weighted by atomic mass is 35.5. The third-order valence-corrected chi connectivity index (χ3v) is 2.98. The number of allylic oxidation sites excluding steroid dienone is 1. The molecule has 0 amide bonds. The fourth-order valence-electron chi connectivity index (χ4n) is 1.86. The summed E-state index contributed by atoms with van der Waals surface area (Å²) in [6, 6.07) is 7.79. The summed E-state index contributed by atoms with van der Waals surface area (Å²) < 4.78 is 0. The molecule has 0 fully saturated rings. The van der Waals surface area contributed by atoms with Gasteiger partial charge in [-0.1, -0.05) is 35.9 Å². The molecule has 2 nitrogen and oxygen atoms in total. The molecular weight excluding hydrogens is 220 g/mol. The number of hydrogen-bond donors (Lipinski definition) is 2. The zero-order valence-corrected chi connectivity index (χ0v) is 9.74. The number of benzene rings is 1. The van der Waals surface area contributed by atoms with Crippen LogP contribution in [0.4, 0.5) is 0 Å². The van der Waals surface area contributed by atoms with Crippen LogP contribution in [-0.4, -0.2) is 5.54 Å². The Labute approximate surface area is 101 Å². The molecule has 2 rings (SSSR count). The minimum absolute atomic E-state index is 0.340. The number of hydrogen-bond acceptors (Lipinski definition) is 2. The second kappa shape index (κ2) is 4.32. The van der Waals surface area contributed by atoms with Crippen molar-refractivity contribution in [3.05, 3.63) is 58.8 Å². The molecule has 0 saturated heterocycles. The first-order chi connectivity index (χ1) is 7.57. The summed E-state index contributed by atoms with van der Waals surface area (Å²) in [6.45, 7) is 0. The second-order valence-electron chi connectivity index (χ2n) is 4.28. The van der Waals surface area contributed by atoms with E-state index in [0.29, 0.717) is 0 Å². The highest BCUT2D eigenvalue weighted by Crippen LogP contribution is 2.22. The average Bonchev–Trinajstić information content (AvgIpc) is 2.23. The molecule has 0 heterocycles. The summed E-state index contributed by atoms with van der Waals surface area (Å²) in [5.41, 5.74) is 13.5. The Hall–Kier alpha value is -1.25. The zero-order chi connectivity index (χ0) is 11.6. The quantitative estimate of drug-likeness (QED) is 0.826. The van der Waals surface area contributed by atoms with Gasteiger partial charge in [-0.3, -0.25) is 0 Å². The molecule has 0 spiro atoms. The van der Waals surface area contributed by atoms with Crippen LogP contribution in [-0.2, 0) is 6.42 Å². The predicted molar refractivity (Wildman–Crippen MR) is 68.1 cm³/mol. The van der Waals surface area contributed by atoms with Gasteiger partial charge in [0, 0.05) is 16.3 Å². The summed E-state index contributed by atoms with van der Waals surface area (Å²) in [7, 11) is 0. The van der Waals surface area contributed by atoms with Crippen molar-refractivity contribution in [2.24, 2.45) is 11.5 Å². The molecule has 1 aliphatic carbocycles. The molecule has 0 aromatic heterocycles. The van der Waals surface area contributed by atoms with Crippen LogP contribution in [0.15, 0.2) is 48.2 Å². The van der Waals surface area contributed by atoms with Crippen LogP contribution in [0.2, 0.25) is 5.02 Å². The summed E-state index contributed by atoms with van der Waals surface area (Å²) in [4.78, 5) is 0. The SMILES string of the molecule is NC1=CCC(N)(Cc2cccc(Cl)c2)C=C1. The monoisotopic (exact) mass is 234 g/mol. The first-order valence-electron chi connectivity index (χ1n) is 5.26. The van der Waals surface area contributed by atoms with Gasteiger partial charge in [-0.15, -0.1) is 0 Å². The van der Waals surface area contributed by atoms with E-state index in [2.05, 4.69) is 0 Å². The minimum atomic E-state index is -0.340. The first kappa shape index (κ1) is 11.2. The van der Waals surface area contributed by atoms with Gasteiger partial charge in [0.15, 0.2) is 0 Å². The predicted octanol–water partition coefficient (Wildman–Crippen LogP) is 2.38. The Morgan fingerprint density at radius 1 is 1.38 bits per heavy atom. The van der Waals surface area contributed by atoms with Crippen molar-refractivity contribution in [3.8, 4) is 0 Å². The van der Waals surface area contributed by atoms with Crippen molar-refractivity contribution in [1.82, 2.24) is 0 Å². The van der Waals surface area contributed by atoms with E-state index in [1.807, 2.05) is 42.5 Å². The van der Waals surface area contributed by atoms with E-state index >= 15 is 0 Å². The largest absolute Gasteiger partial charge is 0.399 e. The summed E-state index contributed by atoms with van der Waals surface area (Å²) in [5, 5.41) is 0.746. The fraction of sp³-hybridized carbons (Fsp3) is 0.231. The van der Waals surface area contributed by atoms with Gasteiger partial charge >= 0.3 is 0 Å². The van der Waals surface area contributed by atoms with Crippen molar-refractivity contribution in [2.45, 2.75) is 18.4 Å². The molecule has 16 heavy (non-hydrogen) atoms. The topological polar surface area (TPSA) is 52.0 Å². The number of nitrogens with two attached hydrogens (primary N) is 2. The maximum absolute atomic E-state index is 6.27. The Morgan fingerprint density at radius 2 is 2.19 bits per heavy atom. The molecule has 0 radical (unpaired) electrons. The molecule has 1 aromatic rings. The average molecular weight is 235 g/mol. The first-order valence-corrected chi connectivity index (χ1v) is 5.63. The molecule has 1 unspecified atom stereocenters. The highest BCUT2D eigenvalue weighted by molar-refractivity contribution is 6.30. The Bertz CT molecular complexity index is 451. The molecule has 0 bridgehead atoms. The van der Waals surface area contributed by atoms with Crippen molar-refractivity contribution in [1.29, 1.82) is 0 Å². The maximum atomic E-state index is 6.27. The lowest BCUT2D eigenvalue weighted by Gasteiger charge is -2.27. The lowest BCUT2D eigenvalue weighted by atomic mass is 9.85. The minimum Gasteiger partial charge on any atom is -0.399 e. The Balaban J connectivity index is 2.13. The van der Waals surface area contributed by atoms with E-state index in [4.69, 9.17) is 23.1 Å². The van der Waals surface area contributed by atoms with Crippen LogP contribution in [0.25, 0.3) is 0 Å². The van der Waals surface area contributed by atoms with E-state index in [1.165, 1.54) is 0 Å². The lowest BCUT2D eigenvalue weighted by Crippen LogP contribution is -2.40. The van der Waals surface area contributed by atoms with Crippen LogP contribution in [0.1, 0.15) is 12.0 Å². The van der Waals surface area contributed by atoms with E-state index in [9.17, 15) is 0 Å². The summed E-state index contributed by atoms with van der Waals surface area (Å²) in [5.74, 6) is 0. The van der Waals surface area contributed by atoms with Crippen LogP contribution < -0.4 is 11.5 Å². The lowest BCUT2D eigenvalue weighted by molar-refractivity contribution is 0.525. The highest BCUT2D eigenvalue weighted by Gasteiger charge is 2.23. The molecule has 4 N–H and O–H groups in total. The maximum Gasteiger partial charge on any atom is 0.0419 e. The number of rotatable bonds is 2. The Morgan fingerprint density at radius 3 is 2.81 bits per heavy atom. The molecule has 1 aromatic carbocycles. The van der Waals surface area contributed by atoms with Crippen molar-refractivity contribution >= 4 is 11.6 Å². The van der Waals surface area contributed by atoms with Crippen molar-refractivity contribution in [2.75, 3.05) is 0 Å². The zero-order valence-electron chi connectivity index (χ0n) is 8.99. The molecule has 0 aliphatic heterocycles. The fourth-order valence-corrected chi connectivity index (χ4v) is 2.08. The molecule has 1 aliphatic rings. The van der Waals surface area contributed by atoms with Crippen LogP contribution in [0.3, 0.4) is 0 Å². The normalized spacial score (nSPS) is 24.2. The molecular formula is C13H15ClN2. The van der Waals surface area contributed by atoms with Gasteiger partial charge in [0.25, 0.3) is 0 Å². The summed E-state index contributed by atoms with van der Waals surface area (Å²) in [6.07, 6.45) is 7.34. The van der Waals surface area contributed by atoms with Gasteiger partial charge in [-0.2, -0.15) is 0 Å².